The minimum atomic E-state index is -0.194. The number of nitrogens with one attached hydrogen (secondary N) is 2. The Morgan fingerprint density at radius 3 is 2.74 bits per heavy atom. The fourth-order valence-electron chi connectivity index (χ4n) is 2.66. The number of aryl methyl sites for hydroxylation is 1. The van der Waals surface area contributed by atoms with E-state index in [1.54, 1.807) is 29.8 Å². The van der Waals surface area contributed by atoms with Gasteiger partial charge in [-0.15, -0.1) is 11.3 Å². The zero-order chi connectivity index (χ0) is 18.6. The lowest BCUT2D eigenvalue weighted by atomic mass is 10.1. The van der Waals surface area contributed by atoms with Crippen molar-refractivity contribution in [1.82, 2.24) is 25.5 Å². The highest BCUT2D eigenvalue weighted by molar-refractivity contribution is 7.15. The van der Waals surface area contributed by atoms with Crippen molar-refractivity contribution in [3.05, 3.63) is 77.2 Å². The summed E-state index contributed by atoms with van der Waals surface area (Å²) in [5.74, 6) is -0.194. The Kier molecular flexibility index (Phi) is 4.76. The number of pyridine rings is 1. The summed E-state index contributed by atoms with van der Waals surface area (Å²) in [4.78, 5) is 22.2. The first-order chi connectivity index (χ1) is 13.2. The van der Waals surface area contributed by atoms with Crippen LogP contribution in [0, 0.1) is 6.92 Å². The quantitative estimate of drug-likeness (QED) is 0.555. The molecule has 4 rings (SSSR count). The van der Waals surface area contributed by atoms with E-state index in [1.165, 1.54) is 0 Å². The predicted octanol–water partition coefficient (Wildman–Crippen LogP) is 3.83. The van der Waals surface area contributed by atoms with Crippen LogP contribution in [0.25, 0.3) is 21.8 Å². The van der Waals surface area contributed by atoms with Gasteiger partial charge in [0.25, 0.3) is 5.91 Å². The van der Waals surface area contributed by atoms with Gasteiger partial charge in [-0.05, 0) is 25.1 Å². The molecule has 6 nitrogen and oxygen atoms in total. The van der Waals surface area contributed by atoms with E-state index < -0.39 is 0 Å². The molecule has 1 aromatic carbocycles. The molecule has 0 atom stereocenters. The molecule has 0 saturated heterocycles. The maximum absolute atomic E-state index is 12.4. The van der Waals surface area contributed by atoms with Gasteiger partial charge in [0.1, 0.15) is 10.7 Å². The Morgan fingerprint density at radius 1 is 1.15 bits per heavy atom. The van der Waals surface area contributed by atoms with Crippen LogP contribution < -0.4 is 5.32 Å². The van der Waals surface area contributed by atoms with Crippen molar-refractivity contribution in [2.45, 2.75) is 13.5 Å². The lowest BCUT2D eigenvalue weighted by Gasteiger charge is -2.01. The molecule has 0 bridgehead atoms. The Bertz CT molecular complexity index is 1060. The van der Waals surface area contributed by atoms with Crippen molar-refractivity contribution in [2.24, 2.45) is 0 Å². The lowest BCUT2D eigenvalue weighted by molar-refractivity contribution is 0.0946. The molecule has 134 valence electrons. The first kappa shape index (κ1) is 17.1. The number of aromatic nitrogens is 4. The summed E-state index contributed by atoms with van der Waals surface area (Å²) in [6.07, 6.45) is 3.52. The molecule has 0 fully saturated rings. The fourth-order valence-corrected chi connectivity index (χ4v) is 3.65. The topological polar surface area (TPSA) is 83.6 Å². The number of benzene rings is 1. The molecule has 7 heteroatoms. The van der Waals surface area contributed by atoms with Crippen molar-refractivity contribution in [3.63, 3.8) is 0 Å². The van der Waals surface area contributed by atoms with E-state index >= 15 is 0 Å². The number of aromatic amines is 1. The SMILES string of the molecule is Cc1nc(-c2cccnc2)sc1CNC(=O)c1cc(-c2ccccc2)n[nH]1. The summed E-state index contributed by atoms with van der Waals surface area (Å²) < 4.78 is 0. The molecular weight excluding hydrogens is 358 g/mol. The number of nitrogens with zero attached hydrogens (tertiary/aromatic N) is 3. The first-order valence-electron chi connectivity index (χ1n) is 8.46. The second kappa shape index (κ2) is 7.51. The smallest absolute Gasteiger partial charge is 0.269 e. The van der Waals surface area contributed by atoms with Crippen molar-refractivity contribution < 1.29 is 4.79 Å². The number of carbonyl (C=O) groups excluding carboxylic acids is 1. The van der Waals surface area contributed by atoms with E-state index in [2.05, 4.69) is 25.5 Å². The molecule has 27 heavy (non-hydrogen) atoms. The average molecular weight is 375 g/mol. The monoisotopic (exact) mass is 375 g/mol. The van der Waals surface area contributed by atoms with Crippen LogP contribution in [-0.2, 0) is 6.54 Å². The molecule has 0 spiro atoms. The maximum Gasteiger partial charge on any atom is 0.269 e. The molecule has 3 heterocycles. The summed E-state index contributed by atoms with van der Waals surface area (Å²) in [7, 11) is 0. The Morgan fingerprint density at radius 2 is 1.96 bits per heavy atom. The third kappa shape index (κ3) is 3.78. The zero-order valence-electron chi connectivity index (χ0n) is 14.6. The molecular formula is C20H17N5OS. The highest BCUT2D eigenvalue weighted by atomic mass is 32.1. The van der Waals surface area contributed by atoms with Gasteiger partial charge in [0, 0.05) is 28.4 Å². The van der Waals surface area contributed by atoms with Crippen molar-refractivity contribution in [2.75, 3.05) is 0 Å². The molecule has 0 aliphatic rings. The molecule has 0 saturated carbocycles. The van der Waals surface area contributed by atoms with Crippen molar-refractivity contribution in [1.29, 1.82) is 0 Å². The number of amides is 1. The fraction of sp³-hybridized carbons (Fsp3) is 0.100. The van der Waals surface area contributed by atoms with Crippen molar-refractivity contribution >= 4 is 17.2 Å². The van der Waals surface area contributed by atoms with Gasteiger partial charge in [0.2, 0.25) is 0 Å². The van der Waals surface area contributed by atoms with Gasteiger partial charge < -0.3 is 5.32 Å². The van der Waals surface area contributed by atoms with Crippen LogP contribution in [0.2, 0.25) is 0 Å². The minimum absolute atomic E-state index is 0.194. The maximum atomic E-state index is 12.4. The predicted molar refractivity (Wildman–Crippen MR) is 105 cm³/mol. The van der Waals surface area contributed by atoms with Gasteiger partial charge in [-0.25, -0.2) is 4.98 Å². The van der Waals surface area contributed by atoms with Gasteiger partial charge in [-0.1, -0.05) is 30.3 Å². The van der Waals surface area contributed by atoms with E-state index in [4.69, 9.17) is 0 Å². The average Bonchev–Trinajstić information content (AvgIpc) is 3.35. The zero-order valence-corrected chi connectivity index (χ0v) is 15.5. The molecule has 0 aliphatic carbocycles. The normalized spacial score (nSPS) is 10.7. The van der Waals surface area contributed by atoms with Crippen LogP contribution >= 0.6 is 11.3 Å². The third-order valence-corrected chi connectivity index (χ3v) is 5.31. The molecule has 1 amide bonds. The highest BCUT2D eigenvalue weighted by Crippen LogP contribution is 2.27. The number of carbonyl (C=O) groups is 1. The first-order valence-corrected chi connectivity index (χ1v) is 9.28. The molecule has 2 N–H and O–H groups in total. The summed E-state index contributed by atoms with van der Waals surface area (Å²) in [6, 6.07) is 15.4. The number of rotatable bonds is 5. The summed E-state index contributed by atoms with van der Waals surface area (Å²) in [6.45, 7) is 2.36. The standard InChI is InChI=1S/C20H17N5OS/c1-13-18(27-20(23-13)15-8-5-9-21-11-15)12-22-19(26)17-10-16(24-25-17)14-6-3-2-4-7-14/h2-11H,12H2,1H3,(H,22,26)(H,24,25). The second-order valence-electron chi connectivity index (χ2n) is 5.98. The number of hydrogen-bond donors (Lipinski definition) is 2. The lowest BCUT2D eigenvalue weighted by Crippen LogP contribution is -2.23. The van der Waals surface area contributed by atoms with Crippen LogP contribution in [0.1, 0.15) is 21.1 Å². The van der Waals surface area contributed by atoms with E-state index in [9.17, 15) is 4.79 Å². The number of thiazole rings is 1. The highest BCUT2D eigenvalue weighted by Gasteiger charge is 2.14. The van der Waals surface area contributed by atoms with Crippen molar-refractivity contribution in [3.8, 4) is 21.8 Å². The summed E-state index contributed by atoms with van der Waals surface area (Å²) >= 11 is 1.56. The van der Waals surface area contributed by atoms with Gasteiger partial charge in [0.15, 0.2) is 0 Å². The van der Waals surface area contributed by atoms with Gasteiger partial charge >= 0.3 is 0 Å². The largest absolute Gasteiger partial charge is 0.346 e. The molecule has 0 unspecified atom stereocenters. The van der Waals surface area contributed by atoms with E-state index in [-0.39, 0.29) is 5.91 Å². The van der Waals surface area contributed by atoms with E-state index in [0.717, 1.165) is 32.4 Å². The Labute approximate surface area is 160 Å². The Hall–Kier alpha value is -3.32. The van der Waals surface area contributed by atoms with Crippen LogP contribution in [0.15, 0.2) is 60.9 Å². The molecule has 0 radical (unpaired) electrons. The minimum Gasteiger partial charge on any atom is -0.346 e. The van der Waals surface area contributed by atoms with Gasteiger partial charge in [0.05, 0.1) is 17.9 Å². The third-order valence-electron chi connectivity index (χ3n) is 4.10. The van der Waals surface area contributed by atoms with E-state index in [0.29, 0.717) is 12.2 Å². The number of hydrogen-bond acceptors (Lipinski definition) is 5. The van der Waals surface area contributed by atoms with Crippen LogP contribution in [0.4, 0.5) is 0 Å². The van der Waals surface area contributed by atoms with Crippen LogP contribution in [-0.4, -0.2) is 26.1 Å². The second-order valence-corrected chi connectivity index (χ2v) is 7.07. The molecule has 4 aromatic rings. The number of H-pyrrole nitrogens is 1. The van der Waals surface area contributed by atoms with Crippen LogP contribution in [0.5, 0.6) is 0 Å². The van der Waals surface area contributed by atoms with E-state index in [1.807, 2.05) is 49.4 Å². The molecule has 3 aromatic heterocycles. The van der Waals surface area contributed by atoms with Gasteiger partial charge in [-0.2, -0.15) is 5.10 Å². The Balaban J connectivity index is 1.44. The van der Waals surface area contributed by atoms with Gasteiger partial charge in [-0.3, -0.25) is 14.9 Å². The summed E-state index contributed by atoms with van der Waals surface area (Å²) in [5, 5.41) is 10.9. The van der Waals surface area contributed by atoms with Crippen LogP contribution in [0.3, 0.4) is 0 Å². The molecule has 0 aliphatic heterocycles. The summed E-state index contributed by atoms with van der Waals surface area (Å²) in [5.41, 5.74) is 4.03.